The zero-order valence-corrected chi connectivity index (χ0v) is 21.8. The molecule has 3 rings (SSSR count). The summed E-state index contributed by atoms with van der Waals surface area (Å²) in [4.78, 5) is 11.8. The first-order chi connectivity index (χ1) is 17.5. The van der Waals surface area contributed by atoms with Crippen molar-refractivity contribution in [3.8, 4) is 11.3 Å². The standard InChI is InChI=1S/C22H28F4N2O2.C6H12O/c1-3-4-5-6-7-16(29)10-11-28-14(2)17(21(27)30)13-20(28)18-12-15(22(24,25)26)8-9-19(18)23;7-6-4-2-1-3-5-6/h8-9,12-13,16,29H,3-7,10-11H2,1-2H3,(H2,27,30);6-7H,1-5H2. The minimum absolute atomic E-state index is 0.0359. The molecule has 1 fully saturated rings. The second-order valence-electron chi connectivity index (χ2n) is 9.82. The quantitative estimate of drug-likeness (QED) is 0.235. The van der Waals surface area contributed by atoms with Gasteiger partial charge in [-0.2, -0.15) is 13.2 Å². The van der Waals surface area contributed by atoms with Crippen molar-refractivity contribution in [2.45, 2.75) is 109 Å². The lowest BCUT2D eigenvalue weighted by Gasteiger charge is -2.16. The number of nitrogens with two attached hydrogens (primary N) is 1. The number of carbonyl (C=O) groups is 1. The van der Waals surface area contributed by atoms with Crippen molar-refractivity contribution >= 4 is 5.91 Å². The zero-order chi connectivity index (χ0) is 27.6. The lowest BCUT2D eigenvalue weighted by Crippen LogP contribution is -2.15. The highest BCUT2D eigenvalue weighted by molar-refractivity contribution is 5.95. The zero-order valence-electron chi connectivity index (χ0n) is 21.8. The molecule has 9 heteroatoms. The Morgan fingerprint density at radius 1 is 1.11 bits per heavy atom. The molecule has 0 saturated heterocycles. The van der Waals surface area contributed by atoms with Crippen LogP contribution in [-0.4, -0.2) is 32.9 Å². The Labute approximate surface area is 216 Å². The third kappa shape index (κ3) is 9.45. The second kappa shape index (κ2) is 14.5. The van der Waals surface area contributed by atoms with Gasteiger partial charge >= 0.3 is 6.18 Å². The molecule has 1 saturated carbocycles. The van der Waals surface area contributed by atoms with Crippen molar-refractivity contribution in [1.29, 1.82) is 0 Å². The summed E-state index contributed by atoms with van der Waals surface area (Å²) in [6, 6.07) is 3.47. The number of amides is 1. The molecule has 0 radical (unpaired) electrons. The molecule has 1 amide bonds. The van der Waals surface area contributed by atoms with Crippen LogP contribution in [0.5, 0.6) is 0 Å². The number of aliphatic hydroxyl groups is 2. The van der Waals surface area contributed by atoms with Crippen LogP contribution >= 0.6 is 0 Å². The van der Waals surface area contributed by atoms with E-state index in [4.69, 9.17) is 10.8 Å². The minimum Gasteiger partial charge on any atom is -0.393 e. The Morgan fingerprint density at radius 2 is 1.78 bits per heavy atom. The second-order valence-corrected chi connectivity index (χ2v) is 9.82. The molecule has 37 heavy (non-hydrogen) atoms. The van der Waals surface area contributed by atoms with Crippen LogP contribution < -0.4 is 5.73 Å². The number of aliphatic hydroxyl groups excluding tert-OH is 2. The van der Waals surface area contributed by atoms with Gasteiger partial charge in [-0.15, -0.1) is 0 Å². The van der Waals surface area contributed by atoms with Gasteiger partial charge in [-0.25, -0.2) is 4.39 Å². The van der Waals surface area contributed by atoms with Gasteiger partial charge in [0.05, 0.1) is 29.0 Å². The third-order valence-corrected chi connectivity index (χ3v) is 6.85. The first-order valence-corrected chi connectivity index (χ1v) is 13.2. The first kappa shape index (κ1) is 30.8. The smallest absolute Gasteiger partial charge is 0.393 e. The number of nitrogens with zero attached hydrogens (tertiary/aromatic N) is 1. The van der Waals surface area contributed by atoms with E-state index in [1.54, 1.807) is 11.5 Å². The van der Waals surface area contributed by atoms with Crippen LogP contribution in [0.2, 0.25) is 0 Å². The highest BCUT2D eigenvalue weighted by Gasteiger charge is 2.32. The maximum Gasteiger partial charge on any atom is 0.416 e. The number of unbranched alkanes of at least 4 members (excludes halogenated alkanes) is 3. The van der Waals surface area contributed by atoms with Crippen molar-refractivity contribution in [3.63, 3.8) is 0 Å². The SMILES string of the molecule is CCCCCCC(O)CCn1c(-c2cc(C(F)(F)F)ccc2F)cc(C(N)=O)c1C.OC1CCCCC1. The lowest BCUT2D eigenvalue weighted by molar-refractivity contribution is -0.137. The number of halogens is 4. The van der Waals surface area contributed by atoms with Crippen LogP contribution in [-0.2, 0) is 12.7 Å². The summed E-state index contributed by atoms with van der Waals surface area (Å²) >= 11 is 0. The monoisotopic (exact) mass is 528 g/mol. The van der Waals surface area contributed by atoms with E-state index in [-0.39, 0.29) is 29.5 Å². The van der Waals surface area contributed by atoms with E-state index in [0.717, 1.165) is 50.7 Å². The Kier molecular flexibility index (Phi) is 12.1. The first-order valence-electron chi connectivity index (χ1n) is 13.2. The molecular formula is C28H40F4N2O3. The molecule has 0 spiro atoms. The molecule has 4 N–H and O–H groups in total. The van der Waals surface area contributed by atoms with E-state index in [9.17, 15) is 27.5 Å². The maximum atomic E-state index is 14.5. The molecule has 1 unspecified atom stereocenters. The van der Waals surface area contributed by atoms with Crippen molar-refractivity contribution in [1.82, 2.24) is 4.57 Å². The molecule has 208 valence electrons. The average Bonchev–Trinajstić information content (AvgIpc) is 3.17. The van der Waals surface area contributed by atoms with E-state index in [2.05, 4.69) is 6.92 Å². The van der Waals surface area contributed by atoms with Gasteiger partial charge in [0.15, 0.2) is 0 Å². The normalized spacial score (nSPS) is 15.2. The Morgan fingerprint density at radius 3 is 2.32 bits per heavy atom. The van der Waals surface area contributed by atoms with Crippen LogP contribution in [0.4, 0.5) is 17.6 Å². The molecule has 2 aromatic rings. The summed E-state index contributed by atoms with van der Waals surface area (Å²) in [6.45, 7) is 3.91. The summed E-state index contributed by atoms with van der Waals surface area (Å²) in [5.41, 5.74) is 4.80. The number of alkyl halides is 3. The Balaban J connectivity index is 0.000000591. The van der Waals surface area contributed by atoms with Crippen molar-refractivity contribution in [3.05, 3.63) is 46.9 Å². The van der Waals surface area contributed by atoms with Crippen molar-refractivity contribution in [2.24, 2.45) is 5.73 Å². The largest absolute Gasteiger partial charge is 0.416 e. The number of rotatable bonds is 10. The number of primary amides is 1. The molecule has 1 aliphatic carbocycles. The average molecular weight is 529 g/mol. The van der Waals surface area contributed by atoms with Crippen molar-refractivity contribution < 1.29 is 32.6 Å². The number of benzene rings is 1. The molecule has 1 aliphatic rings. The lowest BCUT2D eigenvalue weighted by atomic mass is 9.98. The van der Waals surface area contributed by atoms with Crippen LogP contribution in [0.3, 0.4) is 0 Å². The van der Waals surface area contributed by atoms with Crippen LogP contribution in [0.25, 0.3) is 11.3 Å². The maximum absolute atomic E-state index is 14.5. The summed E-state index contributed by atoms with van der Waals surface area (Å²) in [5, 5.41) is 19.2. The number of hydrogen-bond acceptors (Lipinski definition) is 3. The third-order valence-electron chi connectivity index (χ3n) is 6.85. The number of carbonyl (C=O) groups excluding carboxylic acids is 1. The van der Waals surface area contributed by atoms with E-state index >= 15 is 0 Å². The Bertz CT molecular complexity index is 998. The molecule has 1 aromatic heterocycles. The van der Waals surface area contributed by atoms with E-state index < -0.39 is 29.6 Å². The summed E-state index contributed by atoms with van der Waals surface area (Å²) in [6.07, 6.45) is 5.70. The molecule has 1 heterocycles. The van der Waals surface area contributed by atoms with Gasteiger partial charge in [0.25, 0.3) is 5.91 Å². The van der Waals surface area contributed by atoms with E-state index in [1.807, 2.05) is 0 Å². The van der Waals surface area contributed by atoms with Gasteiger partial charge in [-0.3, -0.25) is 4.79 Å². The van der Waals surface area contributed by atoms with Gasteiger partial charge in [0.2, 0.25) is 0 Å². The van der Waals surface area contributed by atoms with Crippen LogP contribution in [0, 0.1) is 12.7 Å². The molecule has 5 nitrogen and oxygen atoms in total. The van der Waals surface area contributed by atoms with Gasteiger partial charge in [-0.1, -0.05) is 51.9 Å². The van der Waals surface area contributed by atoms with Gasteiger partial charge < -0.3 is 20.5 Å². The summed E-state index contributed by atoms with van der Waals surface area (Å²) in [7, 11) is 0. The molecule has 1 atom stereocenters. The summed E-state index contributed by atoms with van der Waals surface area (Å²) < 4.78 is 55.4. The predicted molar refractivity (Wildman–Crippen MR) is 137 cm³/mol. The van der Waals surface area contributed by atoms with E-state index in [0.29, 0.717) is 24.6 Å². The number of aromatic nitrogens is 1. The summed E-state index contributed by atoms with van der Waals surface area (Å²) in [5.74, 6) is -1.59. The fourth-order valence-corrected chi connectivity index (χ4v) is 4.61. The van der Waals surface area contributed by atoms with Gasteiger partial charge in [0.1, 0.15) is 5.82 Å². The molecule has 1 aromatic carbocycles. The highest BCUT2D eigenvalue weighted by Crippen LogP contribution is 2.35. The minimum atomic E-state index is -4.63. The molecule has 0 aliphatic heterocycles. The van der Waals surface area contributed by atoms with Crippen LogP contribution in [0.1, 0.15) is 99.2 Å². The fourth-order valence-electron chi connectivity index (χ4n) is 4.61. The van der Waals surface area contributed by atoms with Crippen LogP contribution in [0.15, 0.2) is 24.3 Å². The van der Waals surface area contributed by atoms with Gasteiger partial charge in [0, 0.05) is 17.8 Å². The number of hydrogen-bond donors (Lipinski definition) is 3. The molecule has 0 bridgehead atoms. The topological polar surface area (TPSA) is 88.5 Å². The fraction of sp³-hybridized carbons (Fsp3) is 0.607. The Hall–Kier alpha value is -2.39. The van der Waals surface area contributed by atoms with Gasteiger partial charge in [-0.05, 0) is 56.9 Å². The van der Waals surface area contributed by atoms with Crippen molar-refractivity contribution in [2.75, 3.05) is 0 Å². The highest BCUT2D eigenvalue weighted by atomic mass is 19.4. The molecular weight excluding hydrogens is 488 g/mol. The predicted octanol–water partition coefficient (Wildman–Crippen LogP) is 6.75. The van der Waals surface area contributed by atoms with E-state index in [1.165, 1.54) is 25.3 Å².